The SMILES string of the molecule is Cc1cc(C)n(CCCNC(=O)c2cc(C)n(-c3ccccc3)n2)n1. The van der Waals surface area contributed by atoms with E-state index in [9.17, 15) is 4.79 Å². The van der Waals surface area contributed by atoms with E-state index >= 15 is 0 Å². The third-order valence-electron chi connectivity index (χ3n) is 4.06. The van der Waals surface area contributed by atoms with Crippen LogP contribution in [0.5, 0.6) is 0 Å². The number of rotatable bonds is 6. The zero-order valence-electron chi connectivity index (χ0n) is 14.9. The Kier molecular flexibility index (Phi) is 4.97. The highest BCUT2D eigenvalue weighted by Gasteiger charge is 2.12. The normalized spacial score (nSPS) is 10.8. The van der Waals surface area contributed by atoms with Crippen molar-refractivity contribution < 1.29 is 4.79 Å². The Hall–Kier alpha value is -2.89. The number of carbonyl (C=O) groups excluding carboxylic acids is 1. The first-order valence-electron chi connectivity index (χ1n) is 8.46. The van der Waals surface area contributed by atoms with Gasteiger partial charge in [-0.15, -0.1) is 0 Å². The molecule has 2 heterocycles. The molecule has 0 radical (unpaired) electrons. The highest BCUT2D eigenvalue weighted by molar-refractivity contribution is 5.92. The molecular weight excluding hydrogens is 314 g/mol. The van der Waals surface area contributed by atoms with Crippen molar-refractivity contribution in [3.63, 3.8) is 0 Å². The van der Waals surface area contributed by atoms with Gasteiger partial charge >= 0.3 is 0 Å². The molecule has 25 heavy (non-hydrogen) atoms. The lowest BCUT2D eigenvalue weighted by Crippen LogP contribution is -2.26. The molecule has 1 aromatic carbocycles. The summed E-state index contributed by atoms with van der Waals surface area (Å²) in [5, 5.41) is 11.8. The highest BCUT2D eigenvalue weighted by atomic mass is 16.1. The number of nitrogens with one attached hydrogen (secondary N) is 1. The minimum Gasteiger partial charge on any atom is -0.351 e. The van der Waals surface area contributed by atoms with E-state index in [0.29, 0.717) is 12.2 Å². The molecule has 0 spiro atoms. The van der Waals surface area contributed by atoms with E-state index in [1.807, 2.05) is 61.9 Å². The largest absolute Gasteiger partial charge is 0.351 e. The number of para-hydroxylation sites is 1. The van der Waals surface area contributed by atoms with Crippen LogP contribution in [0, 0.1) is 20.8 Å². The standard InChI is InChI=1S/C19H23N5O/c1-14-12-15(2)23(21-14)11-7-10-20-19(25)18-13-16(3)24(22-18)17-8-5-4-6-9-17/h4-6,8-9,12-13H,7,10-11H2,1-3H3,(H,20,25). The lowest BCUT2D eigenvalue weighted by molar-refractivity contribution is 0.0947. The van der Waals surface area contributed by atoms with Crippen LogP contribution < -0.4 is 5.32 Å². The molecular formula is C19H23N5O. The van der Waals surface area contributed by atoms with Gasteiger partial charge < -0.3 is 5.32 Å². The van der Waals surface area contributed by atoms with Gasteiger partial charge in [0.25, 0.3) is 5.91 Å². The third-order valence-corrected chi connectivity index (χ3v) is 4.06. The van der Waals surface area contributed by atoms with Crippen LogP contribution in [0.25, 0.3) is 5.69 Å². The Morgan fingerprint density at radius 3 is 2.48 bits per heavy atom. The van der Waals surface area contributed by atoms with E-state index in [2.05, 4.69) is 21.6 Å². The third kappa shape index (κ3) is 3.96. The summed E-state index contributed by atoms with van der Waals surface area (Å²) in [6, 6.07) is 13.7. The molecule has 130 valence electrons. The first kappa shape index (κ1) is 17.0. The Bertz CT molecular complexity index is 863. The number of nitrogens with zero attached hydrogens (tertiary/aromatic N) is 4. The minimum absolute atomic E-state index is 0.147. The van der Waals surface area contributed by atoms with Crippen LogP contribution >= 0.6 is 0 Å². The fourth-order valence-corrected chi connectivity index (χ4v) is 2.84. The molecule has 1 N–H and O–H groups in total. The number of amides is 1. The molecule has 0 fully saturated rings. The number of benzene rings is 1. The van der Waals surface area contributed by atoms with Gasteiger partial charge in [0.2, 0.25) is 0 Å². The number of hydrogen-bond acceptors (Lipinski definition) is 3. The van der Waals surface area contributed by atoms with Gasteiger partial charge in [-0.05, 0) is 51.5 Å². The van der Waals surface area contributed by atoms with Gasteiger partial charge in [0.05, 0.1) is 11.4 Å². The summed E-state index contributed by atoms with van der Waals surface area (Å²) in [5.74, 6) is -0.147. The van der Waals surface area contributed by atoms with Crippen LogP contribution in [0.3, 0.4) is 0 Å². The molecule has 6 nitrogen and oxygen atoms in total. The average molecular weight is 337 g/mol. The van der Waals surface area contributed by atoms with Gasteiger partial charge in [-0.1, -0.05) is 18.2 Å². The number of carbonyl (C=O) groups is 1. The predicted molar refractivity (Wildman–Crippen MR) is 97.0 cm³/mol. The lowest BCUT2D eigenvalue weighted by Gasteiger charge is -2.06. The molecule has 0 aliphatic heterocycles. The quantitative estimate of drug-likeness (QED) is 0.704. The summed E-state index contributed by atoms with van der Waals surface area (Å²) < 4.78 is 3.75. The molecule has 0 aliphatic rings. The van der Waals surface area contributed by atoms with Gasteiger partial charge in [0.15, 0.2) is 5.69 Å². The Morgan fingerprint density at radius 1 is 1.04 bits per heavy atom. The van der Waals surface area contributed by atoms with E-state index in [-0.39, 0.29) is 5.91 Å². The van der Waals surface area contributed by atoms with Gasteiger partial charge in [-0.2, -0.15) is 10.2 Å². The summed E-state index contributed by atoms with van der Waals surface area (Å²) in [6.45, 7) is 7.35. The Morgan fingerprint density at radius 2 is 1.80 bits per heavy atom. The van der Waals surface area contributed by atoms with E-state index in [4.69, 9.17) is 0 Å². The lowest BCUT2D eigenvalue weighted by atomic mass is 10.3. The summed E-state index contributed by atoms with van der Waals surface area (Å²) in [6.07, 6.45) is 0.825. The summed E-state index contributed by atoms with van der Waals surface area (Å²) in [4.78, 5) is 12.3. The van der Waals surface area contributed by atoms with Crippen molar-refractivity contribution >= 4 is 5.91 Å². The molecule has 0 unspecified atom stereocenters. The van der Waals surface area contributed by atoms with Crippen LogP contribution in [0.1, 0.15) is 34.0 Å². The van der Waals surface area contributed by atoms with Crippen LogP contribution in [-0.2, 0) is 6.54 Å². The number of hydrogen-bond donors (Lipinski definition) is 1. The van der Waals surface area contributed by atoms with Crippen molar-refractivity contribution in [2.75, 3.05) is 6.54 Å². The van der Waals surface area contributed by atoms with Crippen molar-refractivity contribution in [3.05, 3.63) is 65.2 Å². The first-order valence-corrected chi connectivity index (χ1v) is 8.46. The maximum Gasteiger partial charge on any atom is 0.271 e. The Labute approximate surface area is 147 Å². The number of aryl methyl sites for hydroxylation is 4. The second kappa shape index (κ2) is 7.34. The van der Waals surface area contributed by atoms with Crippen LogP contribution in [-0.4, -0.2) is 32.0 Å². The van der Waals surface area contributed by atoms with E-state index < -0.39 is 0 Å². The number of aromatic nitrogens is 4. The van der Waals surface area contributed by atoms with Gasteiger partial charge in [-0.25, -0.2) is 4.68 Å². The molecule has 3 rings (SSSR count). The Balaban J connectivity index is 1.56. The maximum absolute atomic E-state index is 12.3. The van der Waals surface area contributed by atoms with Gasteiger partial charge in [-0.3, -0.25) is 9.48 Å². The molecule has 6 heteroatoms. The molecule has 0 atom stereocenters. The average Bonchev–Trinajstić information content (AvgIpc) is 3.14. The van der Waals surface area contributed by atoms with Crippen LogP contribution in [0.15, 0.2) is 42.5 Å². The molecule has 0 bridgehead atoms. The van der Waals surface area contributed by atoms with Crippen molar-refractivity contribution in [1.82, 2.24) is 24.9 Å². The summed E-state index contributed by atoms with van der Waals surface area (Å²) in [5.41, 5.74) is 4.47. The van der Waals surface area contributed by atoms with Crippen molar-refractivity contribution in [3.8, 4) is 5.69 Å². The molecule has 0 saturated carbocycles. The molecule has 0 saturated heterocycles. The van der Waals surface area contributed by atoms with Crippen molar-refractivity contribution in [1.29, 1.82) is 0 Å². The fourth-order valence-electron chi connectivity index (χ4n) is 2.84. The highest BCUT2D eigenvalue weighted by Crippen LogP contribution is 2.11. The van der Waals surface area contributed by atoms with Crippen molar-refractivity contribution in [2.45, 2.75) is 33.7 Å². The smallest absolute Gasteiger partial charge is 0.271 e. The molecule has 0 aliphatic carbocycles. The summed E-state index contributed by atoms with van der Waals surface area (Å²) >= 11 is 0. The van der Waals surface area contributed by atoms with E-state index in [0.717, 1.165) is 35.7 Å². The van der Waals surface area contributed by atoms with E-state index in [1.165, 1.54) is 0 Å². The second-order valence-electron chi connectivity index (χ2n) is 6.18. The monoisotopic (exact) mass is 337 g/mol. The zero-order chi connectivity index (χ0) is 17.8. The molecule has 2 aromatic heterocycles. The predicted octanol–water partition coefficient (Wildman–Crippen LogP) is 2.81. The van der Waals surface area contributed by atoms with Crippen LogP contribution in [0.4, 0.5) is 0 Å². The first-order chi connectivity index (χ1) is 12.0. The fraction of sp³-hybridized carbons (Fsp3) is 0.316. The van der Waals surface area contributed by atoms with Crippen molar-refractivity contribution in [2.24, 2.45) is 0 Å². The molecule has 1 amide bonds. The van der Waals surface area contributed by atoms with Crippen LogP contribution in [0.2, 0.25) is 0 Å². The topological polar surface area (TPSA) is 64.7 Å². The maximum atomic E-state index is 12.3. The van der Waals surface area contributed by atoms with Gasteiger partial charge in [0.1, 0.15) is 0 Å². The van der Waals surface area contributed by atoms with Gasteiger partial charge in [0, 0.05) is 24.5 Å². The molecule has 3 aromatic rings. The summed E-state index contributed by atoms with van der Waals surface area (Å²) in [7, 11) is 0. The zero-order valence-corrected chi connectivity index (χ0v) is 14.9. The minimum atomic E-state index is -0.147. The second-order valence-corrected chi connectivity index (χ2v) is 6.18. The van der Waals surface area contributed by atoms with E-state index in [1.54, 1.807) is 4.68 Å².